The first-order chi connectivity index (χ1) is 13.4. The van der Waals surface area contributed by atoms with Crippen molar-refractivity contribution in [1.82, 2.24) is 15.2 Å². The molecule has 28 heavy (non-hydrogen) atoms. The maximum atomic E-state index is 12.4. The molecule has 5 nitrogen and oxygen atoms in total. The Morgan fingerprint density at radius 1 is 1.11 bits per heavy atom. The Balaban J connectivity index is 1.60. The SMILES string of the molecule is Cc1ccc(C(CNC(=O)CCc2cc3ccccc3[nH]c2=O)N(C)C)cc1. The second-order valence-electron chi connectivity index (χ2n) is 7.41. The van der Waals surface area contributed by atoms with Crippen LogP contribution in [0.15, 0.2) is 59.4 Å². The minimum atomic E-state index is -0.127. The molecule has 0 saturated carbocycles. The van der Waals surface area contributed by atoms with Gasteiger partial charge in [-0.25, -0.2) is 0 Å². The van der Waals surface area contributed by atoms with Crippen molar-refractivity contribution in [3.05, 3.63) is 81.6 Å². The molecule has 0 aliphatic carbocycles. The normalized spacial score (nSPS) is 12.3. The van der Waals surface area contributed by atoms with Crippen molar-refractivity contribution >= 4 is 16.8 Å². The lowest BCUT2D eigenvalue weighted by molar-refractivity contribution is -0.121. The Kier molecular flexibility index (Phi) is 6.26. The molecule has 1 amide bonds. The first-order valence-corrected chi connectivity index (χ1v) is 9.54. The topological polar surface area (TPSA) is 65.2 Å². The number of carbonyl (C=O) groups excluding carboxylic acids is 1. The molecule has 0 aliphatic heterocycles. The second kappa shape index (κ2) is 8.85. The average molecular weight is 377 g/mol. The molecule has 3 rings (SSSR count). The molecule has 0 bridgehead atoms. The second-order valence-corrected chi connectivity index (χ2v) is 7.41. The fourth-order valence-electron chi connectivity index (χ4n) is 3.31. The van der Waals surface area contributed by atoms with E-state index < -0.39 is 0 Å². The molecular formula is C23H27N3O2. The van der Waals surface area contributed by atoms with E-state index in [9.17, 15) is 9.59 Å². The van der Waals surface area contributed by atoms with Crippen molar-refractivity contribution < 1.29 is 4.79 Å². The van der Waals surface area contributed by atoms with Gasteiger partial charge in [0.05, 0.1) is 6.04 Å². The van der Waals surface area contributed by atoms with Crippen molar-refractivity contribution in [2.24, 2.45) is 0 Å². The number of amides is 1. The molecule has 0 fully saturated rings. The van der Waals surface area contributed by atoms with Crippen LogP contribution in [0, 0.1) is 6.92 Å². The van der Waals surface area contributed by atoms with E-state index in [1.54, 1.807) is 0 Å². The number of H-pyrrole nitrogens is 1. The van der Waals surface area contributed by atoms with Gasteiger partial charge < -0.3 is 15.2 Å². The predicted molar refractivity (Wildman–Crippen MR) is 114 cm³/mol. The number of rotatable bonds is 7. The van der Waals surface area contributed by atoms with Gasteiger partial charge in [-0.2, -0.15) is 0 Å². The highest BCUT2D eigenvalue weighted by atomic mass is 16.1. The van der Waals surface area contributed by atoms with Crippen LogP contribution < -0.4 is 10.9 Å². The molecule has 0 radical (unpaired) electrons. The highest BCUT2D eigenvalue weighted by Gasteiger charge is 2.15. The largest absolute Gasteiger partial charge is 0.354 e. The van der Waals surface area contributed by atoms with Crippen molar-refractivity contribution in [2.45, 2.75) is 25.8 Å². The molecular weight excluding hydrogens is 350 g/mol. The number of hydrogen-bond donors (Lipinski definition) is 2. The third-order valence-corrected chi connectivity index (χ3v) is 5.03. The summed E-state index contributed by atoms with van der Waals surface area (Å²) in [6, 6.07) is 18.0. The maximum Gasteiger partial charge on any atom is 0.251 e. The summed E-state index contributed by atoms with van der Waals surface area (Å²) in [5.41, 5.74) is 3.70. The lowest BCUT2D eigenvalue weighted by Gasteiger charge is -2.25. The molecule has 1 heterocycles. The quantitative estimate of drug-likeness (QED) is 0.665. The summed E-state index contributed by atoms with van der Waals surface area (Å²) in [5.74, 6) is -0.0495. The van der Waals surface area contributed by atoms with Crippen LogP contribution in [0.5, 0.6) is 0 Å². The summed E-state index contributed by atoms with van der Waals surface area (Å²) >= 11 is 0. The first kappa shape index (κ1) is 19.8. The Bertz CT molecular complexity index is 1010. The Hall–Kier alpha value is -2.92. The van der Waals surface area contributed by atoms with Crippen molar-refractivity contribution in [3.63, 3.8) is 0 Å². The van der Waals surface area contributed by atoms with Crippen molar-refractivity contribution in [2.75, 3.05) is 20.6 Å². The molecule has 146 valence electrons. The molecule has 1 atom stereocenters. The fourth-order valence-corrected chi connectivity index (χ4v) is 3.31. The first-order valence-electron chi connectivity index (χ1n) is 9.54. The molecule has 1 aromatic heterocycles. The van der Waals surface area contributed by atoms with Crippen LogP contribution >= 0.6 is 0 Å². The molecule has 2 N–H and O–H groups in total. The molecule has 2 aromatic carbocycles. The number of fused-ring (bicyclic) bond motifs is 1. The van der Waals surface area contributed by atoms with Crippen LogP contribution in [0.25, 0.3) is 10.9 Å². The summed E-state index contributed by atoms with van der Waals surface area (Å²) in [6.07, 6.45) is 0.707. The summed E-state index contributed by atoms with van der Waals surface area (Å²) in [6.45, 7) is 2.59. The third-order valence-electron chi connectivity index (χ3n) is 5.03. The maximum absolute atomic E-state index is 12.4. The summed E-state index contributed by atoms with van der Waals surface area (Å²) in [4.78, 5) is 29.6. The molecule has 1 unspecified atom stereocenters. The predicted octanol–water partition coefficient (Wildman–Crippen LogP) is 3.19. The summed E-state index contributed by atoms with van der Waals surface area (Å²) < 4.78 is 0. The lowest BCUT2D eigenvalue weighted by atomic mass is 10.0. The van der Waals surface area contributed by atoms with Crippen molar-refractivity contribution in [3.8, 4) is 0 Å². The molecule has 3 aromatic rings. The molecule has 0 saturated heterocycles. The number of likely N-dealkylation sites (N-methyl/N-ethyl adjacent to an activating group) is 1. The van der Waals surface area contributed by atoms with Gasteiger partial charge in [-0.3, -0.25) is 9.59 Å². The van der Waals surface area contributed by atoms with Crippen LogP contribution in [-0.4, -0.2) is 36.4 Å². The standard InChI is InChI=1S/C23H27N3O2/c1-16-8-10-17(11-9-16)21(26(2)3)15-24-22(27)13-12-19-14-18-6-4-5-7-20(18)25-23(19)28/h4-11,14,21H,12-13,15H2,1-3H3,(H,24,27)(H,25,28). The molecule has 0 aliphatic rings. The number of carbonyl (C=O) groups is 1. The van der Waals surface area contributed by atoms with Gasteiger partial charge in [-0.15, -0.1) is 0 Å². The number of nitrogens with one attached hydrogen (secondary N) is 2. The van der Waals surface area contributed by atoms with E-state index in [1.807, 2.05) is 44.4 Å². The van der Waals surface area contributed by atoms with E-state index in [0.29, 0.717) is 18.5 Å². The number of nitrogens with zero attached hydrogens (tertiary/aromatic N) is 1. The van der Waals surface area contributed by atoms with Gasteiger partial charge in [-0.1, -0.05) is 48.0 Å². The van der Waals surface area contributed by atoms with Crippen LogP contribution in [-0.2, 0) is 11.2 Å². The van der Waals surface area contributed by atoms with Gasteiger partial charge >= 0.3 is 0 Å². The minimum absolute atomic E-state index is 0.0495. The molecule has 0 spiro atoms. The molecule has 5 heteroatoms. The summed E-state index contributed by atoms with van der Waals surface area (Å²) in [5, 5.41) is 3.99. The van der Waals surface area contributed by atoms with Gasteiger partial charge in [0.15, 0.2) is 0 Å². The zero-order valence-electron chi connectivity index (χ0n) is 16.7. The zero-order valence-corrected chi connectivity index (χ0v) is 16.7. The van der Waals surface area contributed by atoms with E-state index >= 15 is 0 Å². The van der Waals surface area contributed by atoms with Crippen LogP contribution in [0.3, 0.4) is 0 Å². The van der Waals surface area contributed by atoms with Gasteiger partial charge in [0.1, 0.15) is 0 Å². The third kappa shape index (κ3) is 4.87. The van der Waals surface area contributed by atoms with Gasteiger partial charge in [0, 0.05) is 24.0 Å². The highest BCUT2D eigenvalue weighted by Crippen LogP contribution is 2.18. The minimum Gasteiger partial charge on any atom is -0.354 e. The fraction of sp³-hybridized carbons (Fsp3) is 0.304. The monoisotopic (exact) mass is 377 g/mol. The van der Waals surface area contributed by atoms with E-state index in [4.69, 9.17) is 0 Å². The number of aromatic amines is 1. The summed E-state index contributed by atoms with van der Waals surface area (Å²) in [7, 11) is 4.01. The van der Waals surface area contributed by atoms with E-state index in [0.717, 1.165) is 10.9 Å². The number of hydrogen-bond acceptors (Lipinski definition) is 3. The number of para-hydroxylation sites is 1. The van der Waals surface area contributed by atoms with Gasteiger partial charge in [0.25, 0.3) is 5.56 Å². The zero-order chi connectivity index (χ0) is 20.1. The Morgan fingerprint density at radius 3 is 2.54 bits per heavy atom. The Morgan fingerprint density at radius 2 is 1.82 bits per heavy atom. The van der Waals surface area contributed by atoms with Crippen LogP contribution in [0.4, 0.5) is 0 Å². The number of pyridine rings is 1. The van der Waals surface area contributed by atoms with E-state index in [1.165, 1.54) is 11.1 Å². The van der Waals surface area contributed by atoms with Crippen LogP contribution in [0.2, 0.25) is 0 Å². The van der Waals surface area contributed by atoms with Crippen LogP contribution in [0.1, 0.15) is 29.2 Å². The van der Waals surface area contributed by atoms with E-state index in [-0.39, 0.29) is 23.9 Å². The van der Waals surface area contributed by atoms with Crippen molar-refractivity contribution in [1.29, 1.82) is 0 Å². The number of aryl methyl sites for hydroxylation is 2. The van der Waals surface area contributed by atoms with Gasteiger partial charge in [0.2, 0.25) is 5.91 Å². The smallest absolute Gasteiger partial charge is 0.251 e. The Labute approximate surface area is 165 Å². The van der Waals surface area contributed by atoms with Gasteiger partial charge in [-0.05, 0) is 50.5 Å². The lowest BCUT2D eigenvalue weighted by Crippen LogP contribution is -2.34. The highest BCUT2D eigenvalue weighted by molar-refractivity contribution is 5.79. The number of benzene rings is 2. The number of aromatic nitrogens is 1. The van der Waals surface area contributed by atoms with E-state index in [2.05, 4.69) is 46.4 Å². The average Bonchev–Trinajstić information content (AvgIpc) is 2.67.